The number of carbonyl (C=O) groups is 2. The molecule has 1 saturated carbocycles. The van der Waals surface area contributed by atoms with Gasteiger partial charge in [-0.2, -0.15) is 4.31 Å². The highest BCUT2D eigenvalue weighted by atomic mass is 32.2. The first-order valence-electron chi connectivity index (χ1n) is 11.4. The number of hydrogen-bond acceptors (Lipinski definition) is 5. The Labute approximate surface area is 184 Å². The van der Waals surface area contributed by atoms with Crippen molar-refractivity contribution in [2.75, 3.05) is 13.7 Å². The molecule has 3 aliphatic rings. The van der Waals surface area contributed by atoms with E-state index in [1.54, 1.807) is 22.5 Å². The summed E-state index contributed by atoms with van der Waals surface area (Å²) in [6.07, 6.45) is 6.99. The fraction of sp³-hybridized carbons (Fsp3) is 0.652. The summed E-state index contributed by atoms with van der Waals surface area (Å²) in [6.45, 7) is 2.62. The molecule has 8 heteroatoms. The van der Waals surface area contributed by atoms with Crippen LogP contribution in [0, 0.1) is 11.8 Å². The number of rotatable bonds is 6. The number of likely N-dealkylation sites (tertiary alicyclic amines) is 1. The average Bonchev–Trinajstić information content (AvgIpc) is 3.04. The minimum Gasteiger partial charge on any atom is -0.495 e. The van der Waals surface area contributed by atoms with Gasteiger partial charge in [-0.25, -0.2) is 8.42 Å². The molecular formula is C23H32N2O5S. The molecule has 1 aromatic carbocycles. The summed E-state index contributed by atoms with van der Waals surface area (Å²) in [5.41, 5.74) is 0.629. The molecule has 1 aromatic rings. The van der Waals surface area contributed by atoms with Gasteiger partial charge in [0.1, 0.15) is 10.6 Å². The van der Waals surface area contributed by atoms with E-state index in [0.29, 0.717) is 12.1 Å². The normalized spacial score (nSPS) is 27.4. The predicted octanol–water partition coefficient (Wildman–Crippen LogP) is 3.32. The third kappa shape index (κ3) is 4.00. The number of carbonyl (C=O) groups excluding carboxylic acids is 2. The van der Waals surface area contributed by atoms with Gasteiger partial charge in [-0.15, -0.1) is 0 Å². The van der Waals surface area contributed by atoms with Crippen molar-refractivity contribution >= 4 is 21.8 Å². The van der Waals surface area contributed by atoms with Crippen LogP contribution < -0.4 is 4.74 Å². The van der Waals surface area contributed by atoms with E-state index in [1.165, 1.54) is 12.0 Å². The van der Waals surface area contributed by atoms with Gasteiger partial charge in [0.05, 0.1) is 25.5 Å². The van der Waals surface area contributed by atoms with Gasteiger partial charge < -0.3 is 4.74 Å². The fourth-order valence-corrected chi connectivity index (χ4v) is 7.39. The number of imide groups is 1. The molecule has 1 aliphatic carbocycles. The summed E-state index contributed by atoms with van der Waals surface area (Å²) in [4.78, 5) is 27.1. The first-order valence-corrected chi connectivity index (χ1v) is 12.9. The van der Waals surface area contributed by atoms with E-state index >= 15 is 0 Å². The molecule has 2 amide bonds. The molecule has 7 nitrogen and oxygen atoms in total. The molecule has 0 unspecified atom stereocenters. The van der Waals surface area contributed by atoms with Crippen LogP contribution >= 0.6 is 0 Å². The third-order valence-electron chi connectivity index (χ3n) is 7.13. The summed E-state index contributed by atoms with van der Waals surface area (Å²) in [5.74, 6) is -0.353. The smallest absolute Gasteiger partial charge is 0.247 e. The first-order chi connectivity index (χ1) is 14.9. The van der Waals surface area contributed by atoms with Gasteiger partial charge in [0.2, 0.25) is 21.8 Å². The van der Waals surface area contributed by atoms with E-state index in [1.807, 2.05) is 6.92 Å². The Morgan fingerprint density at radius 2 is 1.65 bits per heavy atom. The summed E-state index contributed by atoms with van der Waals surface area (Å²) in [7, 11) is -2.29. The van der Waals surface area contributed by atoms with Crippen LogP contribution in [0.2, 0.25) is 0 Å². The van der Waals surface area contributed by atoms with Crippen LogP contribution in [0.5, 0.6) is 5.75 Å². The highest BCUT2D eigenvalue weighted by Gasteiger charge is 2.48. The molecule has 0 spiro atoms. The monoisotopic (exact) mass is 448 g/mol. The second kappa shape index (κ2) is 8.90. The zero-order valence-electron chi connectivity index (χ0n) is 18.4. The van der Waals surface area contributed by atoms with Gasteiger partial charge in [0, 0.05) is 12.6 Å². The number of piperidine rings is 1. The SMILES string of the molecule is CC[C@@H]1CCCCN1S(=O)(=O)c1cc(CN2C(=O)[C@H]3CCCC[C@@H]3C2=O)ccc1OC. The van der Waals surface area contributed by atoms with Crippen LogP contribution in [0.4, 0.5) is 0 Å². The largest absolute Gasteiger partial charge is 0.495 e. The number of nitrogens with zero attached hydrogens (tertiary/aromatic N) is 2. The Hall–Kier alpha value is -1.93. The molecule has 2 aliphatic heterocycles. The zero-order chi connectivity index (χ0) is 22.2. The first kappa shape index (κ1) is 22.3. The van der Waals surface area contributed by atoms with Crippen LogP contribution in [0.3, 0.4) is 0 Å². The fourth-order valence-electron chi connectivity index (χ4n) is 5.42. The lowest BCUT2D eigenvalue weighted by molar-refractivity contribution is -0.140. The topological polar surface area (TPSA) is 84.0 Å². The molecule has 3 atom stereocenters. The standard InChI is InChI=1S/C23H32N2O5S/c1-3-17-8-6-7-13-25(17)31(28,29)21-14-16(11-12-20(21)30-2)15-24-22(26)18-9-4-5-10-19(18)23(24)27/h11-12,14,17-19H,3-10,13,15H2,1-2H3/t17-,18+,19+/m1/s1. The van der Waals surface area contributed by atoms with E-state index in [9.17, 15) is 18.0 Å². The van der Waals surface area contributed by atoms with Crippen molar-refractivity contribution in [2.45, 2.75) is 75.8 Å². The van der Waals surface area contributed by atoms with Gasteiger partial charge in [-0.1, -0.05) is 32.3 Å². The van der Waals surface area contributed by atoms with Gasteiger partial charge in [0.15, 0.2) is 0 Å². The maximum atomic E-state index is 13.6. The number of methoxy groups -OCH3 is 1. The Balaban J connectivity index is 1.64. The van der Waals surface area contributed by atoms with Crippen molar-refractivity contribution in [3.05, 3.63) is 23.8 Å². The van der Waals surface area contributed by atoms with Crippen LogP contribution in [-0.2, 0) is 26.2 Å². The minimum atomic E-state index is -3.75. The molecule has 170 valence electrons. The Bertz CT molecular complexity index is 937. The maximum Gasteiger partial charge on any atom is 0.247 e. The number of benzene rings is 1. The summed E-state index contributed by atoms with van der Waals surface area (Å²) in [6, 6.07) is 4.94. The molecule has 0 N–H and O–H groups in total. The van der Waals surface area contributed by atoms with Crippen molar-refractivity contribution in [2.24, 2.45) is 11.8 Å². The van der Waals surface area contributed by atoms with E-state index in [0.717, 1.165) is 51.4 Å². The lowest BCUT2D eigenvalue weighted by atomic mass is 9.81. The molecule has 0 bridgehead atoms. The van der Waals surface area contributed by atoms with Crippen LogP contribution in [0.25, 0.3) is 0 Å². The number of sulfonamides is 1. The summed E-state index contributed by atoms with van der Waals surface area (Å²) >= 11 is 0. The molecule has 0 radical (unpaired) electrons. The number of hydrogen-bond donors (Lipinski definition) is 0. The molecule has 2 heterocycles. The third-order valence-corrected chi connectivity index (χ3v) is 9.11. The molecular weight excluding hydrogens is 416 g/mol. The molecule has 31 heavy (non-hydrogen) atoms. The van der Waals surface area contributed by atoms with Gasteiger partial charge in [-0.3, -0.25) is 14.5 Å². The van der Waals surface area contributed by atoms with Crippen molar-refractivity contribution in [3.63, 3.8) is 0 Å². The highest BCUT2D eigenvalue weighted by molar-refractivity contribution is 7.89. The van der Waals surface area contributed by atoms with Gasteiger partial charge in [0.25, 0.3) is 0 Å². The van der Waals surface area contributed by atoms with Crippen LogP contribution in [-0.4, -0.2) is 49.1 Å². The Kier molecular flexibility index (Phi) is 6.40. The van der Waals surface area contributed by atoms with Crippen molar-refractivity contribution in [3.8, 4) is 5.75 Å². The van der Waals surface area contributed by atoms with E-state index < -0.39 is 10.0 Å². The average molecular weight is 449 g/mol. The molecule has 0 aromatic heterocycles. The molecule has 2 saturated heterocycles. The number of ether oxygens (including phenoxy) is 1. The molecule has 4 rings (SSSR count). The Morgan fingerprint density at radius 1 is 1.00 bits per heavy atom. The second-order valence-corrected chi connectivity index (χ2v) is 10.8. The van der Waals surface area contributed by atoms with Gasteiger partial charge in [-0.05, 0) is 49.8 Å². The zero-order valence-corrected chi connectivity index (χ0v) is 19.2. The highest BCUT2D eigenvalue weighted by Crippen LogP contribution is 2.39. The Morgan fingerprint density at radius 3 is 2.26 bits per heavy atom. The lowest BCUT2D eigenvalue weighted by Crippen LogP contribution is -2.43. The van der Waals surface area contributed by atoms with Crippen molar-refractivity contribution in [1.29, 1.82) is 0 Å². The molecule has 3 fully saturated rings. The maximum absolute atomic E-state index is 13.6. The predicted molar refractivity (Wildman–Crippen MR) is 116 cm³/mol. The van der Waals surface area contributed by atoms with Crippen molar-refractivity contribution < 1.29 is 22.7 Å². The van der Waals surface area contributed by atoms with E-state index in [-0.39, 0.29) is 46.9 Å². The summed E-state index contributed by atoms with van der Waals surface area (Å²) < 4.78 is 34.1. The summed E-state index contributed by atoms with van der Waals surface area (Å²) in [5, 5.41) is 0. The number of amides is 2. The van der Waals surface area contributed by atoms with E-state index in [2.05, 4.69) is 0 Å². The minimum absolute atomic E-state index is 0.0167. The van der Waals surface area contributed by atoms with E-state index in [4.69, 9.17) is 4.74 Å². The van der Waals surface area contributed by atoms with Crippen LogP contribution in [0.15, 0.2) is 23.1 Å². The van der Waals surface area contributed by atoms with Gasteiger partial charge >= 0.3 is 0 Å². The quantitative estimate of drug-likeness (QED) is 0.624. The van der Waals surface area contributed by atoms with Crippen molar-refractivity contribution in [1.82, 2.24) is 9.21 Å². The lowest BCUT2D eigenvalue weighted by Gasteiger charge is -2.34. The second-order valence-electron chi connectivity index (χ2n) is 8.92. The number of fused-ring (bicyclic) bond motifs is 1. The van der Waals surface area contributed by atoms with Crippen LogP contribution in [0.1, 0.15) is 63.9 Å².